The number of phenols is 1. The number of likely N-dealkylation sites (N-methyl/N-ethyl adjacent to an activating group) is 1. The number of hydrogen-bond donors (Lipinski definition) is 2. The van der Waals surface area contributed by atoms with Crippen molar-refractivity contribution in [2.24, 2.45) is 0 Å². The number of amides is 1. The molecule has 0 aliphatic heterocycles. The minimum atomic E-state index is -0.115. The van der Waals surface area contributed by atoms with Crippen molar-refractivity contribution < 1.29 is 9.90 Å². The van der Waals surface area contributed by atoms with E-state index in [-0.39, 0.29) is 18.2 Å². The third kappa shape index (κ3) is 3.04. The van der Waals surface area contributed by atoms with E-state index in [0.717, 1.165) is 0 Å². The summed E-state index contributed by atoms with van der Waals surface area (Å²) < 4.78 is 1.49. The van der Waals surface area contributed by atoms with E-state index < -0.39 is 0 Å². The van der Waals surface area contributed by atoms with Gasteiger partial charge in [0.1, 0.15) is 18.1 Å². The van der Waals surface area contributed by atoms with E-state index in [2.05, 4.69) is 5.10 Å². The van der Waals surface area contributed by atoms with Gasteiger partial charge in [0.15, 0.2) is 0 Å². The first-order chi connectivity index (χ1) is 9.10. The van der Waals surface area contributed by atoms with Gasteiger partial charge in [-0.05, 0) is 25.1 Å². The van der Waals surface area contributed by atoms with Crippen LogP contribution in [0.25, 0.3) is 0 Å². The molecule has 1 aromatic heterocycles. The molecule has 0 atom stereocenters. The van der Waals surface area contributed by atoms with Crippen molar-refractivity contribution in [3.05, 3.63) is 36.5 Å². The Kier molecular flexibility index (Phi) is 3.70. The van der Waals surface area contributed by atoms with Gasteiger partial charge in [-0.3, -0.25) is 9.48 Å². The minimum absolute atomic E-state index is 0.112. The number of rotatable bonds is 4. The zero-order chi connectivity index (χ0) is 13.8. The number of hydrogen-bond acceptors (Lipinski definition) is 4. The highest BCUT2D eigenvalue weighted by Gasteiger charge is 2.15. The van der Waals surface area contributed by atoms with Crippen molar-refractivity contribution in [2.45, 2.75) is 13.5 Å². The van der Waals surface area contributed by atoms with E-state index in [9.17, 15) is 9.90 Å². The Balaban J connectivity index is 2.15. The maximum atomic E-state index is 12.2. The molecule has 0 aliphatic carbocycles. The average molecular weight is 260 g/mol. The van der Waals surface area contributed by atoms with E-state index in [1.807, 2.05) is 6.92 Å². The van der Waals surface area contributed by atoms with Crippen LogP contribution in [0.15, 0.2) is 36.5 Å². The standard InChI is InChI=1S/C13H16N4O2/c1-2-17(10-4-3-5-11(18)8-10)13(19)9-16-7-6-12(14)15-16/h3-8,18H,2,9H2,1H3,(H2,14,15). The number of carbonyl (C=O) groups excluding carboxylic acids is 1. The number of phenolic OH excluding ortho intramolecular Hbond substituents is 1. The topological polar surface area (TPSA) is 84.4 Å². The Morgan fingerprint density at radius 3 is 2.84 bits per heavy atom. The Labute approximate surface area is 111 Å². The number of nitrogens with zero attached hydrogens (tertiary/aromatic N) is 3. The average Bonchev–Trinajstić information content (AvgIpc) is 2.75. The predicted molar refractivity (Wildman–Crippen MR) is 72.8 cm³/mol. The van der Waals surface area contributed by atoms with Crippen LogP contribution in [0.1, 0.15) is 6.92 Å². The number of nitrogen functional groups attached to an aromatic ring is 1. The van der Waals surface area contributed by atoms with Gasteiger partial charge in [0, 0.05) is 24.5 Å². The van der Waals surface area contributed by atoms with Crippen molar-refractivity contribution in [1.29, 1.82) is 0 Å². The van der Waals surface area contributed by atoms with Crippen LogP contribution < -0.4 is 10.6 Å². The number of nitrogens with two attached hydrogens (primary N) is 1. The highest BCUT2D eigenvalue weighted by atomic mass is 16.3. The molecule has 1 heterocycles. The van der Waals surface area contributed by atoms with Gasteiger partial charge in [-0.25, -0.2) is 0 Å². The van der Waals surface area contributed by atoms with Crippen LogP contribution in [0.2, 0.25) is 0 Å². The van der Waals surface area contributed by atoms with Crippen molar-refractivity contribution in [3.63, 3.8) is 0 Å². The first kappa shape index (κ1) is 12.9. The predicted octanol–water partition coefficient (Wildman–Crippen LogP) is 1.22. The van der Waals surface area contributed by atoms with Gasteiger partial charge in [-0.2, -0.15) is 5.10 Å². The number of anilines is 2. The van der Waals surface area contributed by atoms with Gasteiger partial charge in [0.2, 0.25) is 5.91 Å². The monoisotopic (exact) mass is 260 g/mol. The first-order valence-corrected chi connectivity index (χ1v) is 5.98. The molecule has 0 aliphatic rings. The molecular formula is C13H16N4O2. The van der Waals surface area contributed by atoms with Crippen molar-refractivity contribution in [2.75, 3.05) is 17.2 Å². The summed E-state index contributed by atoms with van der Waals surface area (Å²) in [6, 6.07) is 8.23. The fourth-order valence-corrected chi connectivity index (χ4v) is 1.85. The zero-order valence-corrected chi connectivity index (χ0v) is 10.7. The van der Waals surface area contributed by atoms with Gasteiger partial charge < -0.3 is 15.7 Å². The van der Waals surface area contributed by atoms with Crippen LogP contribution in [0.4, 0.5) is 11.5 Å². The van der Waals surface area contributed by atoms with Crippen LogP contribution in [0, 0.1) is 0 Å². The third-order valence-electron chi connectivity index (χ3n) is 2.72. The molecular weight excluding hydrogens is 244 g/mol. The Bertz CT molecular complexity index is 580. The molecule has 0 bridgehead atoms. The molecule has 3 N–H and O–H groups in total. The zero-order valence-electron chi connectivity index (χ0n) is 10.7. The number of aromatic nitrogens is 2. The molecule has 0 spiro atoms. The lowest BCUT2D eigenvalue weighted by molar-refractivity contribution is -0.119. The van der Waals surface area contributed by atoms with Gasteiger partial charge >= 0.3 is 0 Å². The summed E-state index contributed by atoms with van der Waals surface area (Å²) in [5.41, 5.74) is 6.16. The summed E-state index contributed by atoms with van der Waals surface area (Å²) in [5, 5.41) is 13.4. The summed E-state index contributed by atoms with van der Waals surface area (Å²) in [6.45, 7) is 2.50. The Morgan fingerprint density at radius 2 is 2.26 bits per heavy atom. The highest BCUT2D eigenvalue weighted by molar-refractivity contribution is 5.93. The third-order valence-corrected chi connectivity index (χ3v) is 2.72. The summed E-state index contributed by atoms with van der Waals surface area (Å²) in [6.07, 6.45) is 1.66. The molecule has 0 radical (unpaired) electrons. The molecule has 0 unspecified atom stereocenters. The fraction of sp³-hybridized carbons (Fsp3) is 0.231. The quantitative estimate of drug-likeness (QED) is 0.865. The number of benzene rings is 1. The molecule has 2 aromatic rings. The normalized spacial score (nSPS) is 10.4. The summed E-state index contributed by atoms with van der Waals surface area (Å²) >= 11 is 0. The SMILES string of the molecule is CCN(C(=O)Cn1ccc(N)n1)c1cccc(O)c1. The maximum Gasteiger partial charge on any atom is 0.248 e. The largest absolute Gasteiger partial charge is 0.508 e. The maximum absolute atomic E-state index is 12.2. The summed E-state index contributed by atoms with van der Waals surface area (Å²) in [7, 11) is 0. The second-order valence-electron chi connectivity index (χ2n) is 4.10. The molecule has 6 nitrogen and oxygen atoms in total. The van der Waals surface area contributed by atoms with E-state index in [0.29, 0.717) is 18.1 Å². The molecule has 19 heavy (non-hydrogen) atoms. The Hall–Kier alpha value is -2.50. The number of carbonyl (C=O) groups is 1. The van der Waals surface area contributed by atoms with Crippen LogP contribution in [-0.2, 0) is 11.3 Å². The van der Waals surface area contributed by atoms with Crippen LogP contribution >= 0.6 is 0 Å². The minimum Gasteiger partial charge on any atom is -0.508 e. The van der Waals surface area contributed by atoms with Crippen molar-refractivity contribution >= 4 is 17.4 Å². The van der Waals surface area contributed by atoms with Gasteiger partial charge in [-0.1, -0.05) is 6.07 Å². The molecule has 2 rings (SSSR count). The van der Waals surface area contributed by atoms with Crippen molar-refractivity contribution in [1.82, 2.24) is 9.78 Å². The van der Waals surface area contributed by atoms with Crippen LogP contribution in [0.3, 0.4) is 0 Å². The molecule has 100 valence electrons. The lowest BCUT2D eigenvalue weighted by atomic mass is 10.2. The van der Waals surface area contributed by atoms with E-state index in [1.54, 1.807) is 41.4 Å². The second-order valence-corrected chi connectivity index (χ2v) is 4.10. The lowest BCUT2D eigenvalue weighted by Gasteiger charge is -2.21. The van der Waals surface area contributed by atoms with E-state index in [4.69, 9.17) is 5.73 Å². The van der Waals surface area contributed by atoms with Gasteiger partial charge in [-0.15, -0.1) is 0 Å². The van der Waals surface area contributed by atoms with Crippen molar-refractivity contribution in [3.8, 4) is 5.75 Å². The molecule has 1 amide bonds. The summed E-state index contributed by atoms with van der Waals surface area (Å²) in [4.78, 5) is 13.8. The molecule has 0 saturated carbocycles. The highest BCUT2D eigenvalue weighted by Crippen LogP contribution is 2.20. The van der Waals surface area contributed by atoms with Crippen LogP contribution in [-0.4, -0.2) is 27.3 Å². The molecule has 6 heteroatoms. The van der Waals surface area contributed by atoms with E-state index >= 15 is 0 Å². The summed E-state index contributed by atoms with van der Waals surface area (Å²) in [5.74, 6) is 0.400. The smallest absolute Gasteiger partial charge is 0.248 e. The second kappa shape index (κ2) is 5.43. The lowest BCUT2D eigenvalue weighted by Crippen LogP contribution is -2.33. The van der Waals surface area contributed by atoms with Gasteiger partial charge in [0.05, 0.1) is 0 Å². The molecule has 1 aromatic carbocycles. The fourth-order valence-electron chi connectivity index (χ4n) is 1.85. The van der Waals surface area contributed by atoms with Gasteiger partial charge in [0.25, 0.3) is 0 Å². The van der Waals surface area contributed by atoms with E-state index in [1.165, 1.54) is 4.68 Å². The first-order valence-electron chi connectivity index (χ1n) is 5.98. The Morgan fingerprint density at radius 1 is 1.47 bits per heavy atom. The molecule has 0 fully saturated rings. The number of aromatic hydroxyl groups is 1. The van der Waals surface area contributed by atoms with Crippen LogP contribution in [0.5, 0.6) is 5.75 Å². The molecule has 0 saturated heterocycles.